The highest BCUT2D eigenvalue weighted by Crippen LogP contribution is 2.42. The molecular formula is C11H20N2OS. The lowest BCUT2D eigenvalue weighted by Gasteiger charge is -2.40. The van der Waals surface area contributed by atoms with Crippen LogP contribution in [-0.4, -0.2) is 30.0 Å². The fraction of sp³-hybridized carbons (Fsp3) is 0.909. The van der Waals surface area contributed by atoms with Crippen molar-refractivity contribution in [3.8, 4) is 0 Å². The summed E-state index contributed by atoms with van der Waals surface area (Å²) >= 11 is 1.93. The van der Waals surface area contributed by atoms with Crippen molar-refractivity contribution in [2.45, 2.75) is 38.1 Å². The molecule has 1 aliphatic carbocycles. The quantitative estimate of drug-likeness (QED) is 0.758. The Hall–Kier alpha value is -0.220. The van der Waals surface area contributed by atoms with Gasteiger partial charge >= 0.3 is 0 Å². The molecule has 0 bridgehead atoms. The van der Waals surface area contributed by atoms with E-state index in [1.807, 2.05) is 11.8 Å². The van der Waals surface area contributed by atoms with Crippen LogP contribution in [0.15, 0.2) is 0 Å². The first-order valence-corrected chi connectivity index (χ1v) is 6.97. The van der Waals surface area contributed by atoms with Gasteiger partial charge in [0.2, 0.25) is 5.91 Å². The van der Waals surface area contributed by atoms with Gasteiger partial charge in [0.05, 0.1) is 0 Å². The van der Waals surface area contributed by atoms with Crippen molar-refractivity contribution in [3.63, 3.8) is 0 Å². The summed E-state index contributed by atoms with van der Waals surface area (Å²) in [6, 6.07) is 0.414. The first kappa shape index (κ1) is 11.3. The van der Waals surface area contributed by atoms with Gasteiger partial charge in [-0.2, -0.15) is 11.8 Å². The second-order valence-corrected chi connectivity index (χ2v) is 6.01. The molecule has 0 aromatic heterocycles. The summed E-state index contributed by atoms with van der Waals surface area (Å²) in [5, 5.41) is 3.12. The standard InChI is InChI=1S/C11H20N2OS/c12-8-11(3-1-4-11)6-10(14)13-9-2-5-15-7-9/h9H,1-8,12H2,(H,13,14). The van der Waals surface area contributed by atoms with Crippen LogP contribution in [0.3, 0.4) is 0 Å². The summed E-state index contributed by atoms with van der Waals surface area (Å²) in [5.74, 6) is 2.49. The lowest BCUT2D eigenvalue weighted by Crippen LogP contribution is -2.44. The van der Waals surface area contributed by atoms with Crippen LogP contribution in [-0.2, 0) is 4.79 Å². The number of hydrogen-bond acceptors (Lipinski definition) is 3. The molecule has 1 saturated carbocycles. The Bertz CT molecular complexity index is 229. The molecule has 1 unspecified atom stereocenters. The van der Waals surface area contributed by atoms with Crippen molar-refractivity contribution >= 4 is 17.7 Å². The average molecular weight is 228 g/mol. The molecule has 1 atom stereocenters. The van der Waals surface area contributed by atoms with Crippen LogP contribution in [0.1, 0.15) is 32.1 Å². The average Bonchev–Trinajstić information content (AvgIpc) is 2.64. The zero-order valence-electron chi connectivity index (χ0n) is 9.13. The van der Waals surface area contributed by atoms with E-state index in [0.29, 0.717) is 19.0 Å². The van der Waals surface area contributed by atoms with Crippen LogP contribution < -0.4 is 11.1 Å². The predicted molar refractivity (Wildman–Crippen MR) is 63.8 cm³/mol. The van der Waals surface area contributed by atoms with E-state index in [2.05, 4.69) is 5.32 Å². The SMILES string of the molecule is NCC1(CC(=O)NC2CCSC2)CCC1. The van der Waals surface area contributed by atoms with Gasteiger partial charge in [-0.1, -0.05) is 6.42 Å². The lowest BCUT2D eigenvalue weighted by molar-refractivity contribution is -0.125. The van der Waals surface area contributed by atoms with Gasteiger partial charge in [0, 0.05) is 18.2 Å². The molecule has 0 spiro atoms. The minimum absolute atomic E-state index is 0.149. The summed E-state index contributed by atoms with van der Waals surface area (Å²) in [4.78, 5) is 11.8. The summed E-state index contributed by atoms with van der Waals surface area (Å²) in [6.07, 6.45) is 5.28. The topological polar surface area (TPSA) is 55.1 Å². The first-order valence-electron chi connectivity index (χ1n) is 5.81. The van der Waals surface area contributed by atoms with E-state index >= 15 is 0 Å². The number of rotatable bonds is 4. The second-order valence-electron chi connectivity index (χ2n) is 4.86. The third kappa shape index (κ3) is 2.67. The molecule has 86 valence electrons. The molecule has 1 heterocycles. The van der Waals surface area contributed by atoms with Crippen LogP contribution in [0.5, 0.6) is 0 Å². The summed E-state index contributed by atoms with van der Waals surface area (Å²) in [5.41, 5.74) is 5.89. The molecule has 15 heavy (non-hydrogen) atoms. The largest absolute Gasteiger partial charge is 0.352 e. The Balaban J connectivity index is 1.76. The fourth-order valence-corrected chi connectivity index (χ4v) is 3.55. The molecule has 1 amide bonds. The molecule has 0 radical (unpaired) electrons. The predicted octanol–water partition coefficient (Wildman–Crippen LogP) is 1.13. The monoisotopic (exact) mass is 228 g/mol. The molecule has 2 rings (SSSR count). The van der Waals surface area contributed by atoms with Crippen LogP contribution >= 0.6 is 11.8 Å². The number of nitrogens with one attached hydrogen (secondary N) is 1. The van der Waals surface area contributed by atoms with Gasteiger partial charge in [-0.15, -0.1) is 0 Å². The van der Waals surface area contributed by atoms with Gasteiger partial charge in [0.25, 0.3) is 0 Å². The van der Waals surface area contributed by atoms with E-state index in [1.54, 1.807) is 0 Å². The van der Waals surface area contributed by atoms with Crippen molar-refractivity contribution in [1.29, 1.82) is 0 Å². The molecule has 0 aromatic carbocycles. The number of hydrogen-bond donors (Lipinski definition) is 2. The van der Waals surface area contributed by atoms with E-state index < -0.39 is 0 Å². The van der Waals surface area contributed by atoms with E-state index in [-0.39, 0.29) is 11.3 Å². The summed E-state index contributed by atoms with van der Waals surface area (Å²) in [6.45, 7) is 0.667. The van der Waals surface area contributed by atoms with Gasteiger partial charge in [0.1, 0.15) is 0 Å². The Morgan fingerprint density at radius 1 is 1.53 bits per heavy atom. The number of carbonyl (C=O) groups is 1. The van der Waals surface area contributed by atoms with E-state index in [0.717, 1.165) is 25.0 Å². The second kappa shape index (κ2) is 4.74. The third-order valence-corrected chi connectivity index (χ3v) is 4.84. The molecule has 2 fully saturated rings. The zero-order valence-corrected chi connectivity index (χ0v) is 9.94. The highest BCUT2D eigenvalue weighted by Gasteiger charge is 2.37. The molecule has 2 aliphatic rings. The van der Waals surface area contributed by atoms with Gasteiger partial charge in [-0.25, -0.2) is 0 Å². The fourth-order valence-electron chi connectivity index (χ4n) is 2.40. The van der Waals surface area contributed by atoms with Crippen LogP contribution in [0.4, 0.5) is 0 Å². The van der Waals surface area contributed by atoms with Crippen molar-refractivity contribution in [3.05, 3.63) is 0 Å². The van der Waals surface area contributed by atoms with Gasteiger partial charge in [-0.05, 0) is 37.0 Å². The van der Waals surface area contributed by atoms with E-state index in [9.17, 15) is 4.79 Å². The zero-order chi connectivity index (χ0) is 10.7. The van der Waals surface area contributed by atoms with Gasteiger partial charge in [0.15, 0.2) is 0 Å². The minimum atomic E-state index is 0.149. The maximum atomic E-state index is 11.8. The smallest absolute Gasteiger partial charge is 0.220 e. The highest BCUT2D eigenvalue weighted by molar-refractivity contribution is 7.99. The molecule has 1 saturated heterocycles. The third-order valence-electron chi connectivity index (χ3n) is 3.68. The normalized spacial score (nSPS) is 28.5. The van der Waals surface area contributed by atoms with Crippen molar-refractivity contribution in [2.24, 2.45) is 11.1 Å². The van der Waals surface area contributed by atoms with Crippen molar-refractivity contribution < 1.29 is 4.79 Å². The maximum Gasteiger partial charge on any atom is 0.220 e. The number of nitrogens with two attached hydrogens (primary N) is 1. The number of amides is 1. The summed E-state index contributed by atoms with van der Waals surface area (Å²) < 4.78 is 0. The van der Waals surface area contributed by atoms with Crippen LogP contribution in [0.25, 0.3) is 0 Å². The van der Waals surface area contributed by atoms with Gasteiger partial charge in [-0.3, -0.25) is 4.79 Å². The first-order chi connectivity index (χ1) is 7.24. The van der Waals surface area contributed by atoms with Crippen LogP contribution in [0.2, 0.25) is 0 Å². The minimum Gasteiger partial charge on any atom is -0.352 e. The molecule has 3 N–H and O–H groups in total. The highest BCUT2D eigenvalue weighted by atomic mass is 32.2. The molecule has 1 aliphatic heterocycles. The van der Waals surface area contributed by atoms with Crippen molar-refractivity contribution in [2.75, 3.05) is 18.1 Å². The van der Waals surface area contributed by atoms with Crippen LogP contribution in [0, 0.1) is 5.41 Å². The maximum absolute atomic E-state index is 11.8. The van der Waals surface area contributed by atoms with E-state index in [1.165, 1.54) is 12.2 Å². The van der Waals surface area contributed by atoms with E-state index in [4.69, 9.17) is 5.73 Å². The lowest BCUT2D eigenvalue weighted by atomic mass is 9.66. The Kier molecular flexibility index (Phi) is 3.57. The molecular weight excluding hydrogens is 208 g/mol. The molecule has 4 heteroatoms. The Morgan fingerprint density at radius 2 is 2.33 bits per heavy atom. The van der Waals surface area contributed by atoms with Gasteiger partial charge < -0.3 is 11.1 Å². The number of thioether (sulfide) groups is 1. The molecule has 3 nitrogen and oxygen atoms in total. The Morgan fingerprint density at radius 3 is 2.80 bits per heavy atom. The van der Waals surface area contributed by atoms with Crippen molar-refractivity contribution in [1.82, 2.24) is 5.32 Å². The molecule has 0 aromatic rings. The Labute approximate surface area is 95.6 Å². The number of carbonyl (C=O) groups excluding carboxylic acids is 1. The summed E-state index contributed by atoms with van der Waals surface area (Å²) in [7, 11) is 0.